The summed E-state index contributed by atoms with van der Waals surface area (Å²) in [5.74, 6) is -1.24. The molecule has 0 bridgehead atoms. The Labute approximate surface area is 67.6 Å². The van der Waals surface area contributed by atoms with Gasteiger partial charge in [-0.05, 0) is 0 Å². The molecule has 0 aliphatic heterocycles. The lowest BCUT2D eigenvalue weighted by molar-refractivity contribution is -0.140. The fraction of sp³-hybridized carbons (Fsp3) is 0.333. The number of carboxylic acids is 1. The highest BCUT2D eigenvalue weighted by Gasteiger charge is 2.17. The maximum atomic E-state index is 11.8. The second kappa shape index (κ2) is 3.82. The van der Waals surface area contributed by atoms with Crippen molar-refractivity contribution in [3.05, 3.63) is 18.2 Å². The van der Waals surface area contributed by atoms with Crippen LogP contribution in [0.2, 0.25) is 0 Å². The molecule has 1 heterocycles. The molecule has 0 radical (unpaired) electrons. The molecule has 1 rings (SSSR count). The van der Waals surface area contributed by atoms with Crippen LogP contribution >= 0.6 is 0 Å². The molecular formula is C6H8FN3O2. The quantitative estimate of drug-likeness (QED) is 0.554. The SMILES string of the molecule is O=C(O)C(Cc1c[nH]cn1)NF. The Morgan fingerprint density at radius 1 is 1.92 bits per heavy atom. The number of imidazole rings is 1. The van der Waals surface area contributed by atoms with E-state index in [0.717, 1.165) is 0 Å². The molecule has 1 atom stereocenters. The van der Waals surface area contributed by atoms with Gasteiger partial charge in [0, 0.05) is 12.6 Å². The van der Waals surface area contributed by atoms with Crippen molar-refractivity contribution in [1.82, 2.24) is 15.5 Å². The van der Waals surface area contributed by atoms with Gasteiger partial charge in [0.05, 0.1) is 12.0 Å². The smallest absolute Gasteiger partial charge is 0.323 e. The molecule has 0 spiro atoms. The van der Waals surface area contributed by atoms with Crippen LogP contribution in [0.3, 0.4) is 0 Å². The van der Waals surface area contributed by atoms with Gasteiger partial charge in [-0.2, -0.15) is 0 Å². The van der Waals surface area contributed by atoms with Crippen molar-refractivity contribution in [1.29, 1.82) is 0 Å². The number of hydrogen-bond donors (Lipinski definition) is 3. The summed E-state index contributed by atoms with van der Waals surface area (Å²) in [7, 11) is 0. The molecule has 1 unspecified atom stereocenters. The van der Waals surface area contributed by atoms with Crippen LogP contribution in [0.15, 0.2) is 12.5 Å². The number of carboxylic acid groups (broad SMARTS) is 1. The minimum atomic E-state index is -1.24. The molecule has 5 nitrogen and oxygen atoms in total. The Kier molecular flexibility index (Phi) is 2.76. The predicted molar refractivity (Wildman–Crippen MR) is 38.0 cm³/mol. The van der Waals surface area contributed by atoms with Crippen molar-refractivity contribution in [2.45, 2.75) is 12.5 Å². The van der Waals surface area contributed by atoms with Gasteiger partial charge in [0.25, 0.3) is 0 Å². The molecule has 0 aliphatic rings. The molecule has 0 saturated carbocycles. The fourth-order valence-corrected chi connectivity index (χ4v) is 0.784. The molecule has 0 amide bonds. The lowest BCUT2D eigenvalue weighted by Crippen LogP contribution is -2.33. The number of aromatic nitrogens is 2. The Morgan fingerprint density at radius 3 is 3.08 bits per heavy atom. The maximum absolute atomic E-state index is 11.8. The highest BCUT2D eigenvalue weighted by atomic mass is 19.2. The van der Waals surface area contributed by atoms with Gasteiger partial charge in [-0.1, -0.05) is 0 Å². The number of nitrogens with zero attached hydrogens (tertiary/aromatic N) is 1. The second-order valence-corrected chi connectivity index (χ2v) is 2.26. The van der Waals surface area contributed by atoms with Crippen molar-refractivity contribution in [3.8, 4) is 0 Å². The second-order valence-electron chi connectivity index (χ2n) is 2.26. The maximum Gasteiger partial charge on any atom is 0.323 e. The number of rotatable bonds is 4. The van der Waals surface area contributed by atoms with Crippen molar-refractivity contribution >= 4 is 5.97 Å². The Balaban J connectivity index is 2.54. The standard InChI is InChI=1S/C6H8FN3O2/c7-10-5(6(11)12)1-4-2-8-3-9-4/h2-3,5,10H,1H2,(H,8,9)(H,11,12). The minimum Gasteiger partial charge on any atom is -0.480 e. The van der Waals surface area contributed by atoms with Gasteiger partial charge in [0.15, 0.2) is 0 Å². The molecule has 66 valence electrons. The third-order valence-corrected chi connectivity index (χ3v) is 1.40. The van der Waals surface area contributed by atoms with E-state index >= 15 is 0 Å². The molecule has 0 aliphatic carbocycles. The summed E-state index contributed by atoms with van der Waals surface area (Å²) in [6, 6.07) is -1.23. The number of aliphatic carboxylic acids is 1. The first-order valence-corrected chi connectivity index (χ1v) is 3.30. The van der Waals surface area contributed by atoms with Gasteiger partial charge < -0.3 is 10.1 Å². The van der Waals surface area contributed by atoms with Crippen LogP contribution in [0.5, 0.6) is 0 Å². The van der Waals surface area contributed by atoms with Gasteiger partial charge in [-0.15, -0.1) is 10.0 Å². The van der Waals surface area contributed by atoms with Crippen LogP contribution in [0, 0.1) is 0 Å². The number of halogens is 1. The topological polar surface area (TPSA) is 78.0 Å². The number of nitrogens with one attached hydrogen (secondary N) is 2. The zero-order chi connectivity index (χ0) is 8.97. The lowest BCUT2D eigenvalue weighted by atomic mass is 10.2. The van der Waals surface area contributed by atoms with Crippen molar-refractivity contribution in [2.75, 3.05) is 0 Å². The summed E-state index contributed by atoms with van der Waals surface area (Å²) in [4.78, 5) is 16.7. The van der Waals surface area contributed by atoms with E-state index in [0.29, 0.717) is 5.69 Å². The summed E-state index contributed by atoms with van der Waals surface area (Å²) >= 11 is 0. The third-order valence-electron chi connectivity index (χ3n) is 1.40. The van der Waals surface area contributed by atoms with E-state index in [9.17, 15) is 9.28 Å². The molecule has 0 aromatic carbocycles. The largest absolute Gasteiger partial charge is 0.480 e. The summed E-state index contributed by atoms with van der Waals surface area (Å²) in [5.41, 5.74) is 1.69. The number of carbonyl (C=O) groups is 1. The summed E-state index contributed by atoms with van der Waals surface area (Å²) in [6.07, 6.45) is 2.95. The van der Waals surface area contributed by atoms with E-state index in [-0.39, 0.29) is 6.42 Å². The van der Waals surface area contributed by atoms with Crippen LogP contribution in [-0.2, 0) is 11.2 Å². The molecular weight excluding hydrogens is 165 g/mol. The van der Waals surface area contributed by atoms with Crippen molar-refractivity contribution < 1.29 is 14.4 Å². The number of H-pyrrole nitrogens is 1. The van der Waals surface area contributed by atoms with Crippen LogP contribution in [0.1, 0.15) is 5.69 Å². The summed E-state index contributed by atoms with van der Waals surface area (Å²) < 4.78 is 11.8. The van der Waals surface area contributed by atoms with Gasteiger partial charge in [-0.25, -0.2) is 4.98 Å². The molecule has 6 heteroatoms. The van der Waals surface area contributed by atoms with E-state index in [2.05, 4.69) is 9.97 Å². The van der Waals surface area contributed by atoms with Gasteiger partial charge in [0.1, 0.15) is 6.04 Å². The van der Waals surface area contributed by atoms with Crippen molar-refractivity contribution in [2.24, 2.45) is 0 Å². The summed E-state index contributed by atoms with van der Waals surface area (Å²) in [6.45, 7) is 0. The monoisotopic (exact) mass is 173 g/mol. The number of aromatic amines is 1. The fourth-order valence-electron chi connectivity index (χ4n) is 0.784. The first-order valence-electron chi connectivity index (χ1n) is 3.30. The third kappa shape index (κ3) is 2.03. The van der Waals surface area contributed by atoms with E-state index in [1.807, 2.05) is 0 Å². The Bertz CT molecular complexity index is 249. The van der Waals surface area contributed by atoms with Crippen LogP contribution < -0.4 is 5.54 Å². The normalized spacial score (nSPS) is 12.8. The Morgan fingerprint density at radius 2 is 2.67 bits per heavy atom. The zero-order valence-corrected chi connectivity index (χ0v) is 6.12. The zero-order valence-electron chi connectivity index (χ0n) is 6.12. The average molecular weight is 173 g/mol. The average Bonchev–Trinajstić information content (AvgIpc) is 2.51. The molecule has 0 saturated heterocycles. The number of hydrogen-bond acceptors (Lipinski definition) is 3. The van der Waals surface area contributed by atoms with Gasteiger partial charge >= 0.3 is 5.97 Å². The Hall–Kier alpha value is -1.43. The minimum absolute atomic E-state index is 0.0231. The van der Waals surface area contributed by atoms with E-state index in [1.54, 1.807) is 0 Å². The first-order chi connectivity index (χ1) is 5.74. The van der Waals surface area contributed by atoms with E-state index in [1.165, 1.54) is 18.1 Å². The highest BCUT2D eigenvalue weighted by Crippen LogP contribution is 1.98. The molecule has 1 aromatic heterocycles. The van der Waals surface area contributed by atoms with Crippen LogP contribution in [0.4, 0.5) is 4.48 Å². The van der Waals surface area contributed by atoms with Gasteiger partial charge in [-0.3, -0.25) is 4.79 Å². The lowest BCUT2D eigenvalue weighted by Gasteiger charge is -2.04. The predicted octanol–water partition coefficient (Wildman–Crippen LogP) is -0.120. The molecule has 0 fully saturated rings. The molecule has 1 aromatic rings. The summed E-state index contributed by atoms with van der Waals surface area (Å²) in [5, 5.41) is 8.43. The highest BCUT2D eigenvalue weighted by molar-refractivity contribution is 5.73. The molecule has 3 N–H and O–H groups in total. The van der Waals surface area contributed by atoms with Crippen LogP contribution in [-0.4, -0.2) is 27.1 Å². The molecule has 12 heavy (non-hydrogen) atoms. The first kappa shape index (κ1) is 8.66. The van der Waals surface area contributed by atoms with Crippen molar-refractivity contribution in [3.63, 3.8) is 0 Å². The van der Waals surface area contributed by atoms with Crippen LogP contribution in [0.25, 0.3) is 0 Å². The van der Waals surface area contributed by atoms with E-state index < -0.39 is 12.0 Å². The van der Waals surface area contributed by atoms with E-state index in [4.69, 9.17) is 5.11 Å². The van der Waals surface area contributed by atoms with Gasteiger partial charge in [0.2, 0.25) is 0 Å².